The van der Waals surface area contributed by atoms with E-state index in [-0.39, 0.29) is 24.8 Å². The lowest BCUT2D eigenvalue weighted by Crippen LogP contribution is -2.39. The summed E-state index contributed by atoms with van der Waals surface area (Å²) in [6.45, 7) is 2.21. The molecule has 0 spiro atoms. The maximum atomic E-state index is 13.1. The van der Waals surface area contributed by atoms with E-state index in [0.717, 1.165) is 35.5 Å². The van der Waals surface area contributed by atoms with Crippen LogP contribution in [0.15, 0.2) is 164 Å². The second-order valence-electron chi connectivity index (χ2n) is 13.1. The number of hydrogen-bond acceptors (Lipinski definition) is 6. The van der Waals surface area contributed by atoms with E-state index in [1.54, 1.807) is 12.1 Å². The fraction of sp³-hybridized carbons (Fsp3) is 0.178. The number of amides is 2. The maximum absolute atomic E-state index is 13.1. The fourth-order valence-electron chi connectivity index (χ4n) is 6.48. The lowest BCUT2D eigenvalue weighted by Gasteiger charge is -2.38. The zero-order valence-electron chi connectivity index (χ0n) is 29.4. The van der Waals surface area contributed by atoms with Gasteiger partial charge in [0, 0.05) is 43.0 Å². The number of urea groups is 1. The third kappa shape index (κ3) is 10.2. The highest BCUT2D eigenvalue weighted by atomic mass is 16.7. The van der Waals surface area contributed by atoms with E-state index in [2.05, 4.69) is 64.1 Å². The summed E-state index contributed by atoms with van der Waals surface area (Å²) in [7, 11) is 0. The van der Waals surface area contributed by atoms with Crippen molar-refractivity contribution < 1.29 is 24.1 Å². The van der Waals surface area contributed by atoms with Crippen LogP contribution in [0.1, 0.15) is 46.6 Å². The van der Waals surface area contributed by atoms with Gasteiger partial charge < -0.3 is 30.0 Å². The van der Waals surface area contributed by atoms with Crippen molar-refractivity contribution in [2.45, 2.75) is 44.6 Å². The van der Waals surface area contributed by atoms with Crippen LogP contribution in [0.4, 0.5) is 16.2 Å². The highest BCUT2D eigenvalue weighted by Crippen LogP contribution is 2.39. The second-order valence-corrected chi connectivity index (χ2v) is 13.1. The summed E-state index contributed by atoms with van der Waals surface area (Å²) in [5.41, 5.74) is 6.37. The van der Waals surface area contributed by atoms with Crippen molar-refractivity contribution in [1.29, 1.82) is 0 Å². The van der Waals surface area contributed by atoms with E-state index in [1.165, 1.54) is 11.1 Å². The molecule has 3 N–H and O–H groups in total. The van der Waals surface area contributed by atoms with Crippen molar-refractivity contribution >= 4 is 17.4 Å². The molecule has 53 heavy (non-hydrogen) atoms. The molecule has 268 valence electrons. The molecule has 2 amide bonds. The Kier molecular flexibility index (Phi) is 11.9. The number of nitrogens with one attached hydrogen (secondary N) is 2. The molecule has 6 aromatic carbocycles. The van der Waals surface area contributed by atoms with Gasteiger partial charge in [0.05, 0.1) is 18.8 Å². The van der Waals surface area contributed by atoms with Crippen LogP contribution in [0, 0.1) is 0 Å². The van der Waals surface area contributed by atoms with Gasteiger partial charge >= 0.3 is 6.03 Å². The summed E-state index contributed by atoms with van der Waals surface area (Å²) in [5, 5.41) is 15.5. The van der Waals surface area contributed by atoms with E-state index in [0.29, 0.717) is 30.1 Å². The van der Waals surface area contributed by atoms with E-state index < -0.39 is 6.29 Å². The van der Waals surface area contributed by atoms with Gasteiger partial charge in [0.2, 0.25) is 0 Å². The maximum Gasteiger partial charge on any atom is 0.323 e. The monoisotopic (exact) mass is 705 g/mol. The van der Waals surface area contributed by atoms with Gasteiger partial charge in [-0.2, -0.15) is 0 Å². The molecule has 0 aromatic heterocycles. The number of carbonyl (C=O) groups is 1. The molecular weight excluding hydrogens is 663 g/mol. The van der Waals surface area contributed by atoms with Crippen molar-refractivity contribution in [1.82, 2.24) is 4.90 Å². The molecule has 8 heteroatoms. The summed E-state index contributed by atoms with van der Waals surface area (Å²) in [6.07, 6.45) is -0.411. The summed E-state index contributed by atoms with van der Waals surface area (Å²) in [6, 6.07) is 52.8. The summed E-state index contributed by atoms with van der Waals surface area (Å²) < 4.78 is 19.3. The first kappa shape index (κ1) is 35.6. The van der Waals surface area contributed by atoms with Crippen LogP contribution in [-0.2, 0) is 29.2 Å². The third-order valence-corrected chi connectivity index (χ3v) is 9.08. The molecule has 8 nitrogen and oxygen atoms in total. The SMILES string of the molecule is O=C(Nc1ccc(Oc2ccccc2)cc1)Nc1cccc([C@H]2O[C@@H](CN(Cc3ccccc3)Cc3ccccc3)C[C@@H](c3ccc(CO)cc3)O2)c1. The number of nitrogens with zero attached hydrogens (tertiary/aromatic N) is 1. The van der Waals surface area contributed by atoms with Gasteiger partial charge in [0.15, 0.2) is 6.29 Å². The molecule has 0 saturated carbocycles. The first-order valence-corrected chi connectivity index (χ1v) is 17.9. The minimum atomic E-state index is -0.673. The fourth-order valence-corrected chi connectivity index (χ4v) is 6.48. The molecule has 1 aliphatic rings. The van der Waals surface area contributed by atoms with Crippen molar-refractivity contribution in [2.75, 3.05) is 17.2 Å². The quantitative estimate of drug-likeness (QED) is 0.111. The van der Waals surface area contributed by atoms with Crippen LogP contribution in [0.3, 0.4) is 0 Å². The Bertz CT molecular complexity index is 1990. The molecular formula is C45H43N3O5. The molecule has 1 aliphatic heterocycles. The van der Waals surface area contributed by atoms with Crippen LogP contribution in [0.25, 0.3) is 0 Å². The number of aliphatic hydroxyl groups excluding tert-OH is 1. The van der Waals surface area contributed by atoms with E-state index in [1.807, 2.05) is 103 Å². The summed E-state index contributed by atoms with van der Waals surface area (Å²) in [4.78, 5) is 15.5. The standard InChI is InChI=1S/C45H43N3O5/c49-32-35-19-21-36(22-20-35)43-28-42(31-48(29-33-11-4-1-5-12-33)30-34-13-6-2-7-14-34)52-44(53-43)37-15-10-16-39(27-37)47-45(50)46-38-23-25-41(26-24-38)51-40-17-8-3-9-18-40/h1-27,42-44,49H,28-32H2,(H2,46,47,50)/t42-,43+,44+/m1/s1. The van der Waals surface area contributed by atoms with Gasteiger partial charge in [0.25, 0.3) is 0 Å². The topological polar surface area (TPSA) is 92.3 Å². The Balaban J connectivity index is 1.06. The minimum Gasteiger partial charge on any atom is -0.457 e. The number of carbonyl (C=O) groups excluding carboxylic acids is 1. The number of ether oxygens (including phenoxy) is 3. The largest absolute Gasteiger partial charge is 0.457 e. The number of benzene rings is 6. The lowest BCUT2D eigenvalue weighted by atomic mass is 9.99. The second kappa shape index (κ2) is 17.6. The summed E-state index contributed by atoms with van der Waals surface area (Å²) >= 11 is 0. The Labute approximate surface area is 310 Å². The number of para-hydroxylation sites is 1. The zero-order chi connectivity index (χ0) is 36.2. The van der Waals surface area contributed by atoms with Crippen molar-refractivity contribution in [3.05, 3.63) is 192 Å². The van der Waals surface area contributed by atoms with Gasteiger partial charge in [-0.25, -0.2) is 4.79 Å². The lowest BCUT2D eigenvalue weighted by molar-refractivity contribution is -0.253. The van der Waals surface area contributed by atoms with E-state index in [9.17, 15) is 9.90 Å². The number of aliphatic hydroxyl groups is 1. The van der Waals surface area contributed by atoms with Crippen molar-refractivity contribution in [2.24, 2.45) is 0 Å². The van der Waals surface area contributed by atoms with Crippen molar-refractivity contribution in [3.8, 4) is 11.5 Å². The molecule has 1 saturated heterocycles. The zero-order valence-corrected chi connectivity index (χ0v) is 29.4. The Morgan fingerprint density at radius 3 is 1.87 bits per heavy atom. The Hall–Kier alpha value is -5.77. The average Bonchev–Trinajstić information content (AvgIpc) is 3.20. The van der Waals surface area contributed by atoms with Crippen molar-refractivity contribution in [3.63, 3.8) is 0 Å². The predicted octanol–water partition coefficient (Wildman–Crippen LogP) is 9.86. The normalized spacial score (nSPS) is 16.9. The molecule has 3 atom stereocenters. The molecule has 1 heterocycles. The van der Waals surface area contributed by atoms with Crippen LogP contribution >= 0.6 is 0 Å². The summed E-state index contributed by atoms with van der Waals surface area (Å²) in [5.74, 6) is 1.41. The van der Waals surface area contributed by atoms with Gasteiger partial charge in [-0.15, -0.1) is 0 Å². The molecule has 1 fully saturated rings. The minimum absolute atomic E-state index is 0.0184. The highest BCUT2D eigenvalue weighted by molar-refractivity contribution is 5.99. The first-order chi connectivity index (χ1) is 26.1. The van der Waals surface area contributed by atoms with Gasteiger partial charge in [-0.05, 0) is 70.8 Å². The smallest absolute Gasteiger partial charge is 0.323 e. The molecule has 7 rings (SSSR count). The molecule has 0 radical (unpaired) electrons. The Morgan fingerprint density at radius 2 is 1.23 bits per heavy atom. The van der Waals surface area contributed by atoms with Crippen LogP contribution in [0.5, 0.6) is 11.5 Å². The first-order valence-electron chi connectivity index (χ1n) is 17.9. The number of anilines is 2. The van der Waals surface area contributed by atoms with E-state index in [4.69, 9.17) is 14.2 Å². The number of hydrogen-bond donors (Lipinski definition) is 3. The average molecular weight is 706 g/mol. The van der Waals surface area contributed by atoms with Gasteiger partial charge in [0.1, 0.15) is 11.5 Å². The molecule has 0 aliphatic carbocycles. The van der Waals surface area contributed by atoms with Crippen LogP contribution in [0.2, 0.25) is 0 Å². The van der Waals surface area contributed by atoms with Gasteiger partial charge in [-0.1, -0.05) is 115 Å². The molecule has 0 unspecified atom stereocenters. The van der Waals surface area contributed by atoms with Crippen LogP contribution in [-0.4, -0.2) is 28.7 Å². The Morgan fingerprint density at radius 1 is 0.623 bits per heavy atom. The highest BCUT2D eigenvalue weighted by Gasteiger charge is 2.33. The van der Waals surface area contributed by atoms with Gasteiger partial charge in [-0.3, -0.25) is 4.90 Å². The van der Waals surface area contributed by atoms with E-state index >= 15 is 0 Å². The molecule has 0 bridgehead atoms. The van der Waals surface area contributed by atoms with Crippen LogP contribution < -0.4 is 15.4 Å². The molecule has 6 aromatic rings. The predicted molar refractivity (Wildman–Crippen MR) is 207 cm³/mol. The number of rotatable bonds is 13. The third-order valence-electron chi connectivity index (χ3n) is 9.08.